The Kier molecular flexibility index (Phi) is 5.56. The second kappa shape index (κ2) is 8.91. The Morgan fingerprint density at radius 3 is 2.61 bits per heavy atom. The summed E-state index contributed by atoms with van der Waals surface area (Å²) in [5.74, 6) is 0.848. The molecule has 1 aromatic carbocycles. The Balaban J connectivity index is 1.47. The van der Waals surface area contributed by atoms with E-state index in [1.165, 1.54) is 18.2 Å². The number of hydrogen-bond donors (Lipinski definition) is 0. The SMILES string of the molecule is Cn1cnnc1-c1cc(F)ccc1-c1cc(C2CC2)nc(-n2cc(-c3nc(CCl)ccc3F)cn2)c1. The molecule has 0 aliphatic heterocycles. The zero-order valence-corrected chi connectivity index (χ0v) is 20.0. The van der Waals surface area contributed by atoms with Gasteiger partial charge < -0.3 is 4.57 Å². The number of pyridine rings is 2. The molecule has 0 atom stereocenters. The highest BCUT2D eigenvalue weighted by molar-refractivity contribution is 6.16. The molecule has 6 rings (SSSR count). The minimum atomic E-state index is -0.455. The Bertz CT molecular complexity index is 1590. The molecule has 0 saturated heterocycles. The van der Waals surface area contributed by atoms with Crippen LogP contribution in [0.25, 0.3) is 39.6 Å². The lowest BCUT2D eigenvalue weighted by Gasteiger charge is -2.13. The van der Waals surface area contributed by atoms with Gasteiger partial charge in [0.25, 0.3) is 0 Å². The summed E-state index contributed by atoms with van der Waals surface area (Å²) in [5, 5.41) is 12.6. The van der Waals surface area contributed by atoms with E-state index in [0.29, 0.717) is 34.4 Å². The summed E-state index contributed by atoms with van der Waals surface area (Å²) in [5.41, 5.74) is 4.48. The van der Waals surface area contributed by atoms with Crippen LogP contribution in [0, 0.1) is 11.6 Å². The number of alkyl halides is 1. The molecule has 0 spiro atoms. The van der Waals surface area contributed by atoms with Crippen LogP contribution < -0.4 is 0 Å². The molecule has 1 aliphatic carbocycles. The van der Waals surface area contributed by atoms with Crippen LogP contribution in [-0.2, 0) is 12.9 Å². The second-order valence-corrected chi connectivity index (χ2v) is 9.08. The van der Waals surface area contributed by atoms with Crippen molar-refractivity contribution in [3.63, 3.8) is 0 Å². The molecule has 36 heavy (non-hydrogen) atoms. The lowest BCUT2D eigenvalue weighted by molar-refractivity contribution is 0.624. The first-order chi connectivity index (χ1) is 17.5. The van der Waals surface area contributed by atoms with Crippen molar-refractivity contribution < 1.29 is 8.78 Å². The van der Waals surface area contributed by atoms with E-state index in [4.69, 9.17) is 16.6 Å². The van der Waals surface area contributed by atoms with E-state index in [9.17, 15) is 8.78 Å². The van der Waals surface area contributed by atoms with Crippen molar-refractivity contribution in [1.29, 1.82) is 0 Å². The summed E-state index contributed by atoms with van der Waals surface area (Å²) in [6, 6.07) is 11.4. The molecule has 7 nitrogen and oxygen atoms in total. The van der Waals surface area contributed by atoms with Crippen LogP contribution >= 0.6 is 11.6 Å². The standard InChI is InChI=1S/C26H20ClF2N7/c1-35-14-30-34-26(35)21-10-18(28)4-6-20(21)16-8-23(15-2-3-15)33-24(9-16)36-13-17(12-31-36)25-22(29)7-5-19(11-27)32-25/h4-10,12-15H,2-3,11H2,1H3. The predicted molar refractivity (Wildman–Crippen MR) is 131 cm³/mol. The minimum Gasteiger partial charge on any atom is -0.317 e. The molecule has 0 amide bonds. The van der Waals surface area contributed by atoms with Crippen molar-refractivity contribution in [2.45, 2.75) is 24.6 Å². The summed E-state index contributed by atoms with van der Waals surface area (Å²) in [6.45, 7) is 0. The van der Waals surface area contributed by atoms with Gasteiger partial charge in [-0.3, -0.25) is 0 Å². The smallest absolute Gasteiger partial charge is 0.164 e. The highest BCUT2D eigenvalue weighted by Crippen LogP contribution is 2.42. The first kappa shape index (κ1) is 22.5. The summed E-state index contributed by atoms with van der Waals surface area (Å²) in [7, 11) is 1.81. The largest absolute Gasteiger partial charge is 0.317 e. The van der Waals surface area contributed by atoms with Crippen LogP contribution in [0.5, 0.6) is 0 Å². The van der Waals surface area contributed by atoms with E-state index in [1.54, 1.807) is 40.1 Å². The van der Waals surface area contributed by atoms with Crippen molar-refractivity contribution in [2.24, 2.45) is 7.05 Å². The third kappa shape index (κ3) is 4.15. The second-order valence-electron chi connectivity index (χ2n) is 8.81. The number of halogens is 3. The average Bonchev–Trinajstić information content (AvgIpc) is 3.47. The first-order valence-electron chi connectivity index (χ1n) is 11.4. The summed E-state index contributed by atoms with van der Waals surface area (Å²) in [6.07, 6.45) is 6.94. The molecular weight excluding hydrogens is 484 g/mol. The third-order valence-electron chi connectivity index (χ3n) is 6.20. The van der Waals surface area contributed by atoms with Gasteiger partial charge in [-0.05, 0) is 60.4 Å². The number of rotatable bonds is 6. The van der Waals surface area contributed by atoms with Crippen molar-refractivity contribution in [1.82, 2.24) is 34.5 Å². The van der Waals surface area contributed by atoms with Crippen LogP contribution in [0.1, 0.15) is 30.1 Å². The van der Waals surface area contributed by atoms with Crippen molar-refractivity contribution >= 4 is 11.6 Å². The number of aromatic nitrogens is 7. The zero-order chi connectivity index (χ0) is 24.8. The molecule has 10 heteroatoms. The molecule has 0 bridgehead atoms. The third-order valence-corrected chi connectivity index (χ3v) is 6.48. The Hall–Kier alpha value is -3.98. The Morgan fingerprint density at radius 1 is 1.00 bits per heavy atom. The fourth-order valence-corrected chi connectivity index (χ4v) is 4.36. The lowest BCUT2D eigenvalue weighted by Crippen LogP contribution is -2.02. The van der Waals surface area contributed by atoms with Gasteiger partial charge in [-0.2, -0.15) is 5.10 Å². The molecule has 180 valence electrons. The van der Waals surface area contributed by atoms with Crippen LogP contribution in [0.4, 0.5) is 8.78 Å². The van der Waals surface area contributed by atoms with Crippen LogP contribution in [0.15, 0.2) is 61.2 Å². The number of aryl methyl sites for hydroxylation is 1. The topological polar surface area (TPSA) is 74.3 Å². The molecule has 5 aromatic rings. The van der Waals surface area contributed by atoms with Gasteiger partial charge in [-0.15, -0.1) is 21.8 Å². The van der Waals surface area contributed by atoms with E-state index in [1.807, 2.05) is 19.2 Å². The molecule has 0 N–H and O–H groups in total. The van der Waals surface area contributed by atoms with Crippen molar-refractivity contribution in [3.05, 3.63) is 84.2 Å². The van der Waals surface area contributed by atoms with E-state index < -0.39 is 5.82 Å². The lowest BCUT2D eigenvalue weighted by atomic mass is 9.98. The average molecular weight is 504 g/mol. The van der Waals surface area contributed by atoms with Gasteiger partial charge in [0.05, 0.1) is 17.8 Å². The fourth-order valence-electron chi connectivity index (χ4n) is 4.21. The van der Waals surface area contributed by atoms with Gasteiger partial charge in [0.2, 0.25) is 0 Å². The quantitative estimate of drug-likeness (QED) is 0.278. The van der Waals surface area contributed by atoms with Crippen molar-refractivity contribution in [2.75, 3.05) is 0 Å². The van der Waals surface area contributed by atoms with Crippen molar-refractivity contribution in [3.8, 4) is 39.6 Å². The van der Waals surface area contributed by atoms with Crippen LogP contribution in [0.2, 0.25) is 0 Å². The Labute approximate surface area is 210 Å². The van der Waals surface area contributed by atoms with E-state index in [0.717, 1.165) is 29.7 Å². The fraction of sp³-hybridized carbons (Fsp3) is 0.192. The maximum absolute atomic E-state index is 14.5. The highest BCUT2D eigenvalue weighted by atomic mass is 35.5. The number of benzene rings is 1. The summed E-state index contributed by atoms with van der Waals surface area (Å²) in [4.78, 5) is 9.15. The van der Waals surface area contributed by atoms with Gasteiger partial charge >= 0.3 is 0 Å². The minimum absolute atomic E-state index is 0.182. The van der Waals surface area contributed by atoms with Gasteiger partial charge in [0.1, 0.15) is 23.7 Å². The molecule has 0 unspecified atom stereocenters. The number of nitrogens with zero attached hydrogens (tertiary/aromatic N) is 7. The molecule has 4 aromatic heterocycles. The van der Waals surface area contributed by atoms with Crippen LogP contribution in [-0.4, -0.2) is 34.5 Å². The van der Waals surface area contributed by atoms with Gasteiger partial charge in [0, 0.05) is 36.0 Å². The molecule has 1 fully saturated rings. The normalized spacial score (nSPS) is 13.3. The van der Waals surface area contributed by atoms with E-state index >= 15 is 0 Å². The monoisotopic (exact) mass is 503 g/mol. The van der Waals surface area contributed by atoms with E-state index in [-0.39, 0.29) is 17.4 Å². The summed E-state index contributed by atoms with van der Waals surface area (Å²) >= 11 is 5.89. The zero-order valence-electron chi connectivity index (χ0n) is 19.2. The maximum Gasteiger partial charge on any atom is 0.164 e. The molecule has 0 radical (unpaired) electrons. The predicted octanol–water partition coefficient (Wildman–Crippen LogP) is 5.69. The highest BCUT2D eigenvalue weighted by Gasteiger charge is 2.27. The molecule has 4 heterocycles. The van der Waals surface area contributed by atoms with Crippen LogP contribution in [0.3, 0.4) is 0 Å². The Morgan fingerprint density at radius 2 is 1.86 bits per heavy atom. The van der Waals surface area contributed by atoms with E-state index in [2.05, 4.69) is 20.3 Å². The maximum atomic E-state index is 14.5. The van der Waals surface area contributed by atoms with Gasteiger partial charge in [-0.25, -0.2) is 23.4 Å². The molecule has 1 saturated carbocycles. The van der Waals surface area contributed by atoms with Gasteiger partial charge in [-0.1, -0.05) is 6.07 Å². The number of hydrogen-bond acceptors (Lipinski definition) is 5. The first-order valence-corrected chi connectivity index (χ1v) is 12.0. The summed E-state index contributed by atoms with van der Waals surface area (Å²) < 4.78 is 32.1. The molecule has 1 aliphatic rings. The molecular formula is C26H20ClF2N7. The van der Waals surface area contributed by atoms with Gasteiger partial charge in [0.15, 0.2) is 11.6 Å².